The highest BCUT2D eigenvalue weighted by Crippen LogP contribution is 2.11. The molecular formula is C15H18N2O3. The van der Waals surface area contributed by atoms with Gasteiger partial charge in [-0.05, 0) is 23.6 Å². The van der Waals surface area contributed by atoms with E-state index in [0.717, 1.165) is 5.56 Å². The lowest BCUT2D eigenvalue weighted by Crippen LogP contribution is -2.45. The largest absolute Gasteiger partial charge is 0.480 e. The number of rotatable bonds is 6. The van der Waals surface area contributed by atoms with Crippen LogP contribution >= 0.6 is 0 Å². The Morgan fingerprint density at radius 3 is 2.70 bits per heavy atom. The summed E-state index contributed by atoms with van der Waals surface area (Å²) in [6.07, 6.45) is 0.876. The highest BCUT2D eigenvalue weighted by Gasteiger charge is 2.25. The summed E-state index contributed by atoms with van der Waals surface area (Å²) in [5.41, 5.74) is 1.10. The van der Waals surface area contributed by atoms with Crippen molar-refractivity contribution < 1.29 is 14.7 Å². The number of amides is 1. The van der Waals surface area contributed by atoms with Gasteiger partial charge in [0.25, 0.3) is 5.91 Å². The van der Waals surface area contributed by atoms with E-state index in [2.05, 4.69) is 5.32 Å². The number of carbonyl (C=O) groups is 2. The van der Waals surface area contributed by atoms with Gasteiger partial charge in [-0.25, -0.2) is 4.79 Å². The zero-order valence-electron chi connectivity index (χ0n) is 11.6. The smallest absolute Gasteiger partial charge is 0.326 e. The number of nitriles is 1. The van der Waals surface area contributed by atoms with E-state index in [-0.39, 0.29) is 12.3 Å². The lowest BCUT2D eigenvalue weighted by atomic mass is 9.98. The third kappa shape index (κ3) is 4.09. The van der Waals surface area contributed by atoms with Crippen LogP contribution in [0.5, 0.6) is 0 Å². The Balaban J connectivity index is 2.86. The number of nitrogens with zero attached hydrogens (tertiary/aromatic N) is 1. The van der Waals surface area contributed by atoms with Gasteiger partial charge in [-0.1, -0.05) is 32.4 Å². The molecule has 5 nitrogen and oxygen atoms in total. The average Bonchev–Trinajstić information content (AvgIpc) is 2.44. The second-order valence-corrected chi connectivity index (χ2v) is 4.71. The molecule has 0 spiro atoms. The number of carboxylic acid groups (broad SMARTS) is 1. The summed E-state index contributed by atoms with van der Waals surface area (Å²) in [5.74, 6) is -1.63. The van der Waals surface area contributed by atoms with Gasteiger partial charge in [-0.15, -0.1) is 0 Å². The minimum Gasteiger partial charge on any atom is -0.480 e. The Morgan fingerprint density at radius 1 is 1.45 bits per heavy atom. The number of aliphatic carboxylic acids is 1. The Bertz CT molecular complexity index is 534. The molecule has 2 unspecified atom stereocenters. The Hall–Kier alpha value is -2.35. The molecule has 2 N–H and O–H groups in total. The third-order valence-electron chi connectivity index (χ3n) is 3.24. The second kappa shape index (κ2) is 7.29. The van der Waals surface area contributed by atoms with Gasteiger partial charge in [0.2, 0.25) is 0 Å². The highest BCUT2D eigenvalue weighted by molar-refractivity contribution is 5.96. The van der Waals surface area contributed by atoms with Crippen molar-refractivity contribution in [2.24, 2.45) is 5.92 Å². The van der Waals surface area contributed by atoms with Crippen molar-refractivity contribution in [2.75, 3.05) is 0 Å². The molecule has 2 atom stereocenters. The van der Waals surface area contributed by atoms with Crippen LogP contribution in [0.4, 0.5) is 0 Å². The Labute approximate surface area is 118 Å². The van der Waals surface area contributed by atoms with Gasteiger partial charge < -0.3 is 10.4 Å². The molecule has 0 heterocycles. The van der Waals surface area contributed by atoms with Crippen LogP contribution < -0.4 is 5.32 Å². The van der Waals surface area contributed by atoms with Gasteiger partial charge in [0, 0.05) is 5.56 Å². The summed E-state index contributed by atoms with van der Waals surface area (Å²) < 4.78 is 0. The molecule has 1 amide bonds. The zero-order chi connectivity index (χ0) is 15.1. The first-order valence-corrected chi connectivity index (χ1v) is 6.49. The maximum Gasteiger partial charge on any atom is 0.326 e. The third-order valence-corrected chi connectivity index (χ3v) is 3.24. The van der Waals surface area contributed by atoms with Crippen molar-refractivity contribution in [3.8, 4) is 6.07 Å². The van der Waals surface area contributed by atoms with E-state index in [1.807, 2.05) is 13.0 Å². The predicted octanol–water partition coefficient (Wildman–Crippen LogP) is 1.98. The van der Waals surface area contributed by atoms with E-state index >= 15 is 0 Å². The quantitative estimate of drug-likeness (QED) is 0.830. The molecule has 20 heavy (non-hydrogen) atoms. The van der Waals surface area contributed by atoms with Crippen LogP contribution in [-0.4, -0.2) is 23.0 Å². The second-order valence-electron chi connectivity index (χ2n) is 4.71. The van der Waals surface area contributed by atoms with Gasteiger partial charge in [0.05, 0.1) is 12.5 Å². The fourth-order valence-electron chi connectivity index (χ4n) is 1.82. The normalized spacial score (nSPS) is 13.1. The van der Waals surface area contributed by atoms with Gasteiger partial charge in [0.1, 0.15) is 6.04 Å². The summed E-state index contributed by atoms with van der Waals surface area (Å²) in [7, 11) is 0. The molecule has 5 heteroatoms. The van der Waals surface area contributed by atoms with E-state index in [4.69, 9.17) is 10.4 Å². The maximum atomic E-state index is 12.1. The molecule has 0 aliphatic carbocycles. The van der Waals surface area contributed by atoms with E-state index in [1.54, 1.807) is 31.2 Å². The first-order valence-electron chi connectivity index (χ1n) is 6.49. The van der Waals surface area contributed by atoms with Crippen LogP contribution in [0, 0.1) is 17.2 Å². The number of carboxylic acids is 1. The topological polar surface area (TPSA) is 90.2 Å². The lowest BCUT2D eigenvalue weighted by Gasteiger charge is -2.20. The van der Waals surface area contributed by atoms with Crippen LogP contribution in [0.1, 0.15) is 36.2 Å². The zero-order valence-corrected chi connectivity index (χ0v) is 11.6. The van der Waals surface area contributed by atoms with Gasteiger partial charge in [0.15, 0.2) is 0 Å². The molecule has 0 saturated heterocycles. The lowest BCUT2D eigenvalue weighted by molar-refractivity contribution is -0.140. The molecule has 1 aromatic carbocycles. The number of hydrogen-bond donors (Lipinski definition) is 2. The summed E-state index contributed by atoms with van der Waals surface area (Å²) in [6.45, 7) is 3.66. The van der Waals surface area contributed by atoms with Crippen LogP contribution in [-0.2, 0) is 11.2 Å². The molecule has 0 fully saturated rings. The summed E-state index contributed by atoms with van der Waals surface area (Å²) in [4.78, 5) is 23.3. The van der Waals surface area contributed by atoms with Crippen LogP contribution in [0.2, 0.25) is 0 Å². The number of carbonyl (C=O) groups excluding carboxylic acids is 1. The summed E-state index contributed by atoms with van der Waals surface area (Å²) in [6, 6.07) is 7.74. The fraction of sp³-hybridized carbons (Fsp3) is 0.400. The highest BCUT2D eigenvalue weighted by atomic mass is 16.4. The summed E-state index contributed by atoms with van der Waals surface area (Å²) >= 11 is 0. The molecule has 0 aliphatic heterocycles. The number of benzene rings is 1. The molecular weight excluding hydrogens is 256 g/mol. The van der Waals surface area contributed by atoms with Crippen molar-refractivity contribution >= 4 is 11.9 Å². The molecule has 0 aliphatic rings. The van der Waals surface area contributed by atoms with E-state index in [1.165, 1.54) is 0 Å². The van der Waals surface area contributed by atoms with E-state index in [9.17, 15) is 9.59 Å². The van der Waals surface area contributed by atoms with E-state index < -0.39 is 17.9 Å². The molecule has 0 saturated carbocycles. The SMILES string of the molecule is CCC(C)C(NC(=O)c1cccc(CC#N)c1)C(=O)O. The minimum atomic E-state index is -1.04. The standard InChI is InChI=1S/C15H18N2O3/c1-3-10(2)13(15(19)20)17-14(18)12-6-4-5-11(9-12)7-8-16/h4-6,9-10,13H,3,7H2,1-2H3,(H,17,18)(H,19,20). The van der Waals surface area contributed by atoms with Gasteiger partial charge >= 0.3 is 5.97 Å². The summed E-state index contributed by atoms with van der Waals surface area (Å²) in [5, 5.41) is 20.3. The first kappa shape index (κ1) is 15.7. The molecule has 0 radical (unpaired) electrons. The van der Waals surface area contributed by atoms with Crippen molar-refractivity contribution in [2.45, 2.75) is 32.7 Å². The average molecular weight is 274 g/mol. The Morgan fingerprint density at radius 2 is 2.15 bits per heavy atom. The monoisotopic (exact) mass is 274 g/mol. The van der Waals surface area contributed by atoms with Crippen molar-refractivity contribution in [3.05, 3.63) is 35.4 Å². The maximum absolute atomic E-state index is 12.1. The van der Waals surface area contributed by atoms with Crippen LogP contribution in [0.3, 0.4) is 0 Å². The van der Waals surface area contributed by atoms with E-state index in [0.29, 0.717) is 12.0 Å². The van der Waals surface area contributed by atoms with Gasteiger partial charge in [-0.2, -0.15) is 5.26 Å². The predicted molar refractivity (Wildman–Crippen MR) is 74.1 cm³/mol. The molecule has 0 aromatic heterocycles. The molecule has 0 bridgehead atoms. The molecule has 1 rings (SSSR count). The van der Waals surface area contributed by atoms with Crippen molar-refractivity contribution in [3.63, 3.8) is 0 Å². The molecule has 106 valence electrons. The molecule has 1 aromatic rings. The minimum absolute atomic E-state index is 0.154. The van der Waals surface area contributed by atoms with Crippen LogP contribution in [0.25, 0.3) is 0 Å². The Kier molecular flexibility index (Phi) is 5.73. The van der Waals surface area contributed by atoms with Crippen molar-refractivity contribution in [1.82, 2.24) is 5.32 Å². The van der Waals surface area contributed by atoms with Gasteiger partial charge in [-0.3, -0.25) is 4.79 Å². The van der Waals surface area contributed by atoms with Crippen LogP contribution in [0.15, 0.2) is 24.3 Å². The number of nitrogens with one attached hydrogen (secondary N) is 1. The fourth-order valence-corrected chi connectivity index (χ4v) is 1.82. The number of hydrogen-bond acceptors (Lipinski definition) is 3. The first-order chi connectivity index (χ1) is 9.49. The van der Waals surface area contributed by atoms with Crippen molar-refractivity contribution in [1.29, 1.82) is 5.26 Å².